The van der Waals surface area contributed by atoms with Crippen molar-refractivity contribution in [3.63, 3.8) is 0 Å². The number of halogens is 1. The highest BCUT2D eigenvalue weighted by Gasteiger charge is 2.16. The molecule has 84 valence electrons. The third kappa shape index (κ3) is 2.23. The summed E-state index contributed by atoms with van der Waals surface area (Å²) in [5.41, 5.74) is 8.20. The van der Waals surface area contributed by atoms with Crippen LogP contribution in [0.15, 0.2) is 12.1 Å². The molecule has 0 saturated carbocycles. The Balaban J connectivity index is 2.38. The van der Waals surface area contributed by atoms with E-state index < -0.39 is 0 Å². The first-order valence-electron chi connectivity index (χ1n) is 5.04. The summed E-state index contributed by atoms with van der Waals surface area (Å²) in [5.74, 6) is 0. The lowest BCUT2D eigenvalue weighted by atomic mass is 10.1. The molecule has 2 rings (SSSR count). The normalized spacial score (nSPS) is 15.9. The zero-order valence-corrected chi connectivity index (χ0v) is 10.9. The molecule has 2 N–H and O–H groups in total. The van der Waals surface area contributed by atoms with Gasteiger partial charge in [-0.3, -0.25) is 0 Å². The third-order valence-electron chi connectivity index (χ3n) is 2.59. The highest BCUT2D eigenvalue weighted by atomic mass is 127. The molecule has 0 radical (unpaired) electrons. The Hall–Kier alpha value is -1.00. The molecule has 1 aromatic carbocycles. The van der Waals surface area contributed by atoms with Crippen LogP contribution in [0.3, 0.4) is 0 Å². The number of ether oxygens (including phenoxy) is 1. The molecule has 1 fully saturated rings. The summed E-state index contributed by atoms with van der Waals surface area (Å²) in [7, 11) is 0. The van der Waals surface area contributed by atoms with Crippen LogP contribution in [-0.4, -0.2) is 26.3 Å². The van der Waals surface area contributed by atoms with Crippen LogP contribution in [0, 0.1) is 14.9 Å². The number of anilines is 2. The van der Waals surface area contributed by atoms with Crippen molar-refractivity contribution < 1.29 is 4.74 Å². The topological polar surface area (TPSA) is 62.3 Å². The van der Waals surface area contributed by atoms with E-state index in [1.165, 1.54) is 0 Å². The molecule has 1 saturated heterocycles. The van der Waals surface area contributed by atoms with Gasteiger partial charge in [0.25, 0.3) is 0 Å². The van der Waals surface area contributed by atoms with Gasteiger partial charge in [-0.1, -0.05) is 0 Å². The number of morpholine rings is 1. The lowest BCUT2D eigenvalue weighted by Crippen LogP contribution is -2.36. The molecule has 1 heterocycles. The van der Waals surface area contributed by atoms with Crippen molar-refractivity contribution in [1.29, 1.82) is 5.26 Å². The van der Waals surface area contributed by atoms with Gasteiger partial charge in [-0.15, -0.1) is 0 Å². The molecule has 1 aliphatic heterocycles. The number of nitriles is 1. The molecule has 4 nitrogen and oxygen atoms in total. The Morgan fingerprint density at radius 1 is 1.38 bits per heavy atom. The van der Waals surface area contributed by atoms with Crippen LogP contribution in [0.25, 0.3) is 0 Å². The van der Waals surface area contributed by atoms with E-state index in [9.17, 15) is 0 Å². The summed E-state index contributed by atoms with van der Waals surface area (Å²) in [5, 5.41) is 9.11. The molecule has 5 heteroatoms. The van der Waals surface area contributed by atoms with Gasteiger partial charge in [-0.2, -0.15) is 5.26 Å². The smallest absolute Gasteiger partial charge is 0.101 e. The van der Waals surface area contributed by atoms with Crippen LogP contribution in [-0.2, 0) is 4.74 Å². The second-order valence-corrected chi connectivity index (χ2v) is 4.76. The van der Waals surface area contributed by atoms with E-state index in [-0.39, 0.29) is 0 Å². The largest absolute Gasteiger partial charge is 0.398 e. The first kappa shape index (κ1) is 11.5. The summed E-state index contributed by atoms with van der Waals surface area (Å²) < 4.78 is 6.21. The van der Waals surface area contributed by atoms with Crippen LogP contribution < -0.4 is 10.6 Å². The molecule has 0 spiro atoms. The van der Waals surface area contributed by atoms with Gasteiger partial charge in [0.1, 0.15) is 6.07 Å². The van der Waals surface area contributed by atoms with E-state index in [0.717, 1.165) is 28.0 Å². The standard InChI is InChI=1S/C11H12IN3O/c12-9-5-8(7-13)11(6-10(9)14)15-1-3-16-4-2-15/h5-6H,1-4,14H2. The maximum absolute atomic E-state index is 9.11. The second kappa shape index (κ2) is 4.89. The lowest BCUT2D eigenvalue weighted by Gasteiger charge is -2.29. The number of benzene rings is 1. The number of nitrogen functional groups attached to an aromatic ring is 1. The average molecular weight is 329 g/mol. The Labute approximate surface area is 108 Å². The number of nitrogens with zero attached hydrogens (tertiary/aromatic N) is 2. The zero-order valence-electron chi connectivity index (χ0n) is 8.74. The van der Waals surface area contributed by atoms with Gasteiger partial charge in [0.05, 0.1) is 24.5 Å². The van der Waals surface area contributed by atoms with Crippen LogP contribution in [0.1, 0.15) is 5.56 Å². The summed E-state index contributed by atoms with van der Waals surface area (Å²) in [6.07, 6.45) is 0. The Kier molecular flexibility index (Phi) is 3.51. The van der Waals surface area contributed by atoms with Gasteiger partial charge in [0, 0.05) is 22.3 Å². The van der Waals surface area contributed by atoms with E-state index in [1.54, 1.807) is 0 Å². The predicted octanol–water partition coefficient (Wildman–Crippen LogP) is 1.58. The zero-order chi connectivity index (χ0) is 11.5. The van der Waals surface area contributed by atoms with E-state index in [4.69, 9.17) is 15.7 Å². The quantitative estimate of drug-likeness (QED) is 0.628. The first-order chi connectivity index (χ1) is 7.72. The van der Waals surface area contributed by atoms with Crippen LogP contribution in [0.5, 0.6) is 0 Å². The number of hydrogen-bond acceptors (Lipinski definition) is 4. The van der Waals surface area contributed by atoms with E-state index in [2.05, 4.69) is 33.6 Å². The third-order valence-corrected chi connectivity index (χ3v) is 3.52. The van der Waals surface area contributed by atoms with Crippen LogP contribution >= 0.6 is 22.6 Å². The molecule has 1 aliphatic rings. The number of nitrogens with two attached hydrogens (primary N) is 1. The molecule has 0 bridgehead atoms. The molecule has 0 unspecified atom stereocenters. The molecule has 0 aromatic heterocycles. The molecule has 0 aliphatic carbocycles. The minimum atomic E-state index is 0.681. The van der Waals surface area contributed by atoms with Gasteiger partial charge in [0.15, 0.2) is 0 Å². The summed E-state index contributed by atoms with van der Waals surface area (Å²) in [6, 6.07) is 5.93. The van der Waals surface area contributed by atoms with Crippen molar-refractivity contribution in [1.82, 2.24) is 0 Å². The highest BCUT2D eigenvalue weighted by molar-refractivity contribution is 14.1. The van der Waals surface area contributed by atoms with Crippen molar-refractivity contribution in [2.45, 2.75) is 0 Å². The summed E-state index contributed by atoms with van der Waals surface area (Å²) in [4.78, 5) is 2.15. The van der Waals surface area contributed by atoms with Crippen molar-refractivity contribution in [3.8, 4) is 6.07 Å². The van der Waals surface area contributed by atoms with Crippen molar-refractivity contribution in [2.75, 3.05) is 36.9 Å². The molecule has 1 aromatic rings. The fourth-order valence-electron chi connectivity index (χ4n) is 1.73. The molecule has 0 amide bonds. The molecule has 16 heavy (non-hydrogen) atoms. The Morgan fingerprint density at radius 3 is 2.69 bits per heavy atom. The number of hydrogen-bond donors (Lipinski definition) is 1. The van der Waals surface area contributed by atoms with Gasteiger partial charge >= 0.3 is 0 Å². The Bertz CT molecular complexity index is 436. The van der Waals surface area contributed by atoms with E-state index in [1.807, 2.05) is 12.1 Å². The molecular formula is C11H12IN3O. The molecule has 0 atom stereocenters. The fraction of sp³-hybridized carbons (Fsp3) is 0.364. The predicted molar refractivity (Wildman–Crippen MR) is 71.3 cm³/mol. The first-order valence-corrected chi connectivity index (χ1v) is 6.12. The van der Waals surface area contributed by atoms with Crippen molar-refractivity contribution in [3.05, 3.63) is 21.3 Å². The number of rotatable bonds is 1. The van der Waals surface area contributed by atoms with E-state index >= 15 is 0 Å². The lowest BCUT2D eigenvalue weighted by molar-refractivity contribution is 0.122. The van der Waals surface area contributed by atoms with Gasteiger partial charge in [-0.25, -0.2) is 0 Å². The SMILES string of the molecule is N#Cc1cc(I)c(N)cc1N1CCOCC1. The fourth-order valence-corrected chi connectivity index (χ4v) is 2.20. The Morgan fingerprint density at radius 2 is 2.06 bits per heavy atom. The summed E-state index contributed by atoms with van der Waals surface area (Å²) in [6.45, 7) is 3.04. The van der Waals surface area contributed by atoms with Crippen LogP contribution in [0.2, 0.25) is 0 Å². The van der Waals surface area contributed by atoms with Gasteiger partial charge < -0.3 is 15.4 Å². The highest BCUT2D eigenvalue weighted by Crippen LogP contribution is 2.27. The molecular weight excluding hydrogens is 317 g/mol. The van der Waals surface area contributed by atoms with Crippen molar-refractivity contribution >= 4 is 34.0 Å². The maximum atomic E-state index is 9.11. The van der Waals surface area contributed by atoms with Gasteiger partial charge in [-0.05, 0) is 34.7 Å². The monoisotopic (exact) mass is 329 g/mol. The van der Waals surface area contributed by atoms with Crippen molar-refractivity contribution in [2.24, 2.45) is 0 Å². The van der Waals surface area contributed by atoms with Crippen LogP contribution in [0.4, 0.5) is 11.4 Å². The van der Waals surface area contributed by atoms with Gasteiger partial charge in [0.2, 0.25) is 0 Å². The minimum Gasteiger partial charge on any atom is -0.398 e. The minimum absolute atomic E-state index is 0.681. The summed E-state index contributed by atoms with van der Waals surface area (Å²) >= 11 is 2.14. The second-order valence-electron chi connectivity index (χ2n) is 3.60. The average Bonchev–Trinajstić information content (AvgIpc) is 2.33. The van der Waals surface area contributed by atoms with E-state index in [0.29, 0.717) is 18.8 Å². The maximum Gasteiger partial charge on any atom is 0.101 e.